The predicted octanol–water partition coefficient (Wildman–Crippen LogP) is 2.52. The van der Waals surface area contributed by atoms with E-state index in [4.69, 9.17) is 5.11 Å². The van der Waals surface area contributed by atoms with Crippen molar-refractivity contribution in [1.29, 1.82) is 0 Å². The molecule has 1 rings (SSSR count). The van der Waals surface area contributed by atoms with Gasteiger partial charge in [-0.05, 0) is 17.9 Å². The Hall–Kier alpha value is -1.86. The number of hydrogen-bond donors (Lipinski definition) is 1. The van der Waals surface area contributed by atoms with Crippen LogP contribution in [0.2, 0.25) is 0 Å². The van der Waals surface area contributed by atoms with Crippen molar-refractivity contribution in [2.45, 2.75) is 19.3 Å². The Kier molecular flexibility index (Phi) is 4.18. The Labute approximate surface area is 84.8 Å². The molecule has 1 unspecified atom stereocenters. The lowest BCUT2D eigenvalue weighted by Crippen LogP contribution is -1.92. The topological polar surface area (TPSA) is 20.2 Å². The van der Waals surface area contributed by atoms with Crippen molar-refractivity contribution in [2.24, 2.45) is 0 Å². The van der Waals surface area contributed by atoms with Crippen LogP contribution in [0.5, 0.6) is 0 Å². The molecule has 1 atom stereocenters. The molecule has 0 bridgehead atoms. The zero-order valence-electron chi connectivity index (χ0n) is 8.12. The molecule has 1 nitrogen and oxygen atoms in total. The third-order valence-corrected chi connectivity index (χ3v) is 1.97. The molecule has 70 valence electrons. The first-order valence-corrected chi connectivity index (χ1v) is 4.58. The summed E-state index contributed by atoms with van der Waals surface area (Å²) in [4.78, 5) is 0. The lowest BCUT2D eigenvalue weighted by atomic mass is 9.97. The van der Waals surface area contributed by atoms with E-state index in [1.807, 2.05) is 18.2 Å². The van der Waals surface area contributed by atoms with Crippen LogP contribution in [0, 0.1) is 23.9 Å². The summed E-state index contributed by atoms with van der Waals surface area (Å²) in [5.41, 5.74) is 1.20. The molecular formula is C13H12O. The fourth-order valence-electron chi connectivity index (χ4n) is 1.26. The maximum Gasteiger partial charge on any atom is 0.122 e. The Morgan fingerprint density at radius 3 is 2.50 bits per heavy atom. The van der Waals surface area contributed by atoms with E-state index in [-0.39, 0.29) is 5.92 Å². The summed E-state index contributed by atoms with van der Waals surface area (Å²) in [5, 5.41) is 8.26. The van der Waals surface area contributed by atoms with E-state index in [0.29, 0.717) is 0 Å². The van der Waals surface area contributed by atoms with Gasteiger partial charge in [0.05, 0.1) is 0 Å². The summed E-state index contributed by atoms with van der Waals surface area (Å²) < 4.78 is 0. The van der Waals surface area contributed by atoms with Crippen LogP contribution < -0.4 is 0 Å². The van der Waals surface area contributed by atoms with Gasteiger partial charge in [-0.2, -0.15) is 0 Å². The first kappa shape index (κ1) is 10.2. The third-order valence-electron chi connectivity index (χ3n) is 1.97. The largest absolute Gasteiger partial charge is 0.461 e. The second kappa shape index (κ2) is 5.73. The fraction of sp³-hybridized carbons (Fsp3) is 0.231. The molecular weight excluding hydrogens is 172 g/mol. The Balaban J connectivity index is 2.83. The number of benzene rings is 1. The average molecular weight is 184 g/mol. The minimum atomic E-state index is 0.206. The van der Waals surface area contributed by atoms with Crippen molar-refractivity contribution < 1.29 is 5.11 Å². The maximum atomic E-state index is 8.26. The highest BCUT2D eigenvalue weighted by atomic mass is 16.2. The molecule has 0 aliphatic carbocycles. The van der Waals surface area contributed by atoms with Gasteiger partial charge in [-0.25, -0.2) is 0 Å². The summed E-state index contributed by atoms with van der Waals surface area (Å²) in [6.45, 7) is 2.08. The smallest absolute Gasteiger partial charge is 0.122 e. The normalized spacial score (nSPS) is 10.4. The van der Waals surface area contributed by atoms with Crippen molar-refractivity contribution in [3.8, 4) is 23.9 Å². The molecule has 1 aromatic carbocycles. The molecule has 1 N–H and O–H groups in total. The molecule has 0 aliphatic rings. The van der Waals surface area contributed by atoms with Crippen LogP contribution >= 0.6 is 0 Å². The summed E-state index contributed by atoms with van der Waals surface area (Å²) in [6, 6.07) is 10.1. The van der Waals surface area contributed by atoms with Gasteiger partial charge in [0.1, 0.15) is 6.11 Å². The summed E-state index contributed by atoms with van der Waals surface area (Å²) >= 11 is 0. The Morgan fingerprint density at radius 1 is 1.21 bits per heavy atom. The molecule has 0 amide bonds. The highest BCUT2D eigenvalue weighted by Gasteiger charge is 2.03. The SMILES string of the molecule is CCC(C#CC#CO)c1ccccc1. The van der Waals surface area contributed by atoms with E-state index >= 15 is 0 Å². The first-order valence-electron chi connectivity index (χ1n) is 4.58. The number of hydrogen-bond acceptors (Lipinski definition) is 1. The third kappa shape index (κ3) is 2.88. The Morgan fingerprint density at radius 2 is 1.93 bits per heavy atom. The quantitative estimate of drug-likeness (QED) is 0.700. The van der Waals surface area contributed by atoms with Gasteiger partial charge in [-0.15, -0.1) is 0 Å². The Bertz CT molecular complexity index is 384. The van der Waals surface area contributed by atoms with Crippen LogP contribution in [0.3, 0.4) is 0 Å². The van der Waals surface area contributed by atoms with Gasteiger partial charge in [0, 0.05) is 11.8 Å². The zero-order chi connectivity index (χ0) is 10.2. The van der Waals surface area contributed by atoms with E-state index < -0.39 is 0 Å². The van der Waals surface area contributed by atoms with Crippen LogP contribution in [0.25, 0.3) is 0 Å². The van der Waals surface area contributed by atoms with Crippen LogP contribution in [0.4, 0.5) is 0 Å². The number of rotatable bonds is 2. The number of aliphatic hydroxyl groups is 1. The van der Waals surface area contributed by atoms with Crippen molar-refractivity contribution >= 4 is 0 Å². The minimum absolute atomic E-state index is 0.206. The monoisotopic (exact) mass is 184 g/mol. The van der Waals surface area contributed by atoms with Gasteiger partial charge in [-0.3, -0.25) is 0 Å². The van der Waals surface area contributed by atoms with E-state index in [1.54, 1.807) is 6.11 Å². The standard InChI is InChI=1S/C13H12O/c1-2-12(8-6-7-11-14)13-9-4-3-5-10-13/h3-5,9-10,12,14H,2H2,1H3. The zero-order valence-corrected chi connectivity index (χ0v) is 8.12. The van der Waals surface area contributed by atoms with Gasteiger partial charge in [-0.1, -0.05) is 43.2 Å². The van der Waals surface area contributed by atoms with Gasteiger partial charge in [0.25, 0.3) is 0 Å². The van der Waals surface area contributed by atoms with Crippen LogP contribution in [-0.4, -0.2) is 5.11 Å². The molecule has 0 fully saturated rings. The summed E-state index contributed by atoms with van der Waals surface area (Å²) in [6.07, 6.45) is 2.72. The van der Waals surface area contributed by atoms with Crippen molar-refractivity contribution in [1.82, 2.24) is 0 Å². The molecule has 1 heteroatoms. The molecule has 1 aromatic rings. The number of aliphatic hydroxyl groups excluding tert-OH is 1. The second-order valence-corrected chi connectivity index (χ2v) is 2.88. The summed E-state index contributed by atoms with van der Waals surface area (Å²) in [5.74, 6) is 8.16. The van der Waals surface area contributed by atoms with Gasteiger partial charge in [0.15, 0.2) is 0 Å². The first-order chi connectivity index (χ1) is 6.88. The van der Waals surface area contributed by atoms with Crippen molar-refractivity contribution in [3.63, 3.8) is 0 Å². The second-order valence-electron chi connectivity index (χ2n) is 2.88. The molecule has 14 heavy (non-hydrogen) atoms. The highest BCUT2D eigenvalue weighted by Crippen LogP contribution is 2.17. The minimum Gasteiger partial charge on any atom is -0.461 e. The van der Waals surface area contributed by atoms with Crippen LogP contribution in [0.15, 0.2) is 30.3 Å². The van der Waals surface area contributed by atoms with E-state index in [0.717, 1.165) is 6.42 Å². The van der Waals surface area contributed by atoms with Crippen LogP contribution in [0.1, 0.15) is 24.8 Å². The fourth-order valence-corrected chi connectivity index (χ4v) is 1.26. The molecule has 0 aliphatic heterocycles. The molecule has 0 heterocycles. The average Bonchev–Trinajstić information content (AvgIpc) is 2.26. The van der Waals surface area contributed by atoms with Gasteiger partial charge >= 0.3 is 0 Å². The lowest BCUT2D eigenvalue weighted by Gasteiger charge is -2.06. The summed E-state index contributed by atoms with van der Waals surface area (Å²) in [7, 11) is 0. The lowest BCUT2D eigenvalue weighted by molar-refractivity contribution is 0.517. The molecule has 0 aromatic heterocycles. The van der Waals surface area contributed by atoms with Gasteiger partial charge < -0.3 is 5.11 Å². The van der Waals surface area contributed by atoms with E-state index in [1.165, 1.54) is 5.56 Å². The van der Waals surface area contributed by atoms with Gasteiger partial charge in [0.2, 0.25) is 0 Å². The molecule has 0 saturated carbocycles. The highest BCUT2D eigenvalue weighted by molar-refractivity contribution is 5.32. The molecule has 0 saturated heterocycles. The van der Waals surface area contributed by atoms with Crippen LogP contribution in [-0.2, 0) is 0 Å². The van der Waals surface area contributed by atoms with E-state index in [2.05, 4.69) is 36.8 Å². The molecule has 0 spiro atoms. The maximum absolute atomic E-state index is 8.26. The van der Waals surface area contributed by atoms with E-state index in [9.17, 15) is 0 Å². The molecule has 0 radical (unpaired) electrons. The predicted molar refractivity (Wildman–Crippen MR) is 57.0 cm³/mol. The van der Waals surface area contributed by atoms with Crippen molar-refractivity contribution in [3.05, 3.63) is 35.9 Å². The van der Waals surface area contributed by atoms with Crippen molar-refractivity contribution in [2.75, 3.05) is 0 Å².